The van der Waals surface area contributed by atoms with Crippen molar-refractivity contribution in [1.29, 1.82) is 5.26 Å². The topological polar surface area (TPSA) is 98.5 Å². The zero-order chi connectivity index (χ0) is 19.8. The molecule has 8 nitrogen and oxygen atoms in total. The van der Waals surface area contributed by atoms with E-state index in [0.29, 0.717) is 30.4 Å². The number of aromatic nitrogens is 5. The van der Waals surface area contributed by atoms with Crippen LogP contribution in [0, 0.1) is 18.3 Å². The lowest BCUT2D eigenvalue weighted by Gasteiger charge is -2.27. The highest BCUT2D eigenvalue weighted by Gasteiger charge is 2.38. The molecule has 2 fully saturated rings. The first kappa shape index (κ1) is 18.1. The second-order valence-electron chi connectivity index (χ2n) is 8.25. The molecule has 0 unspecified atom stereocenters. The summed E-state index contributed by atoms with van der Waals surface area (Å²) in [5, 5.41) is 19.4. The van der Waals surface area contributed by atoms with Gasteiger partial charge in [0, 0.05) is 49.0 Å². The number of H-pyrrole nitrogens is 1. The summed E-state index contributed by atoms with van der Waals surface area (Å²) >= 11 is 0. The fourth-order valence-corrected chi connectivity index (χ4v) is 5.08. The molecule has 29 heavy (non-hydrogen) atoms. The lowest BCUT2D eigenvalue weighted by Crippen LogP contribution is -2.35. The molecule has 2 N–H and O–H groups in total. The summed E-state index contributed by atoms with van der Waals surface area (Å²) in [6, 6.07) is 7.94. The van der Waals surface area contributed by atoms with Gasteiger partial charge in [-0.3, -0.25) is 10.00 Å². The highest BCUT2D eigenvalue weighted by atomic mass is 15.2. The summed E-state index contributed by atoms with van der Waals surface area (Å²) in [6.07, 6.45) is 10.5. The van der Waals surface area contributed by atoms with Crippen molar-refractivity contribution in [2.45, 2.75) is 63.6 Å². The third kappa shape index (κ3) is 3.47. The second-order valence-corrected chi connectivity index (χ2v) is 8.25. The van der Waals surface area contributed by atoms with Gasteiger partial charge in [-0.25, -0.2) is 9.97 Å². The van der Waals surface area contributed by atoms with E-state index in [2.05, 4.69) is 48.3 Å². The van der Waals surface area contributed by atoms with E-state index in [-0.39, 0.29) is 0 Å². The number of aromatic amines is 1. The number of aryl methyl sites for hydroxylation is 1. The summed E-state index contributed by atoms with van der Waals surface area (Å²) in [7, 11) is 0. The van der Waals surface area contributed by atoms with Gasteiger partial charge in [-0.2, -0.15) is 10.4 Å². The third-order valence-electron chi connectivity index (χ3n) is 6.40. The molecule has 0 amide bonds. The molecule has 8 heteroatoms. The molecular weight excluding hydrogens is 364 g/mol. The van der Waals surface area contributed by atoms with Crippen molar-refractivity contribution in [1.82, 2.24) is 29.6 Å². The van der Waals surface area contributed by atoms with E-state index in [4.69, 9.17) is 10.2 Å². The van der Waals surface area contributed by atoms with E-state index in [1.807, 2.05) is 13.0 Å². The van der Waals surface area contributed by atoms with Crippen LogP contribution in [0.4, 0.5) is 11.6 Å². The van der Waals surface area contributed by atoms with Crippen molar-refractivity contribution in [2.24, 2.45) is 0 Å². The number of hydrogen-bond acceptors (Lipinski definition) is 6. The Balaban J connectivity index is 1.40. The molecule has 5 rings (SSSR count). The van der Waals surface area contributed by atoms with Crippen LogP contribution in [0.5, 0.6) is 0 Å². The quantitative estimate of drug-likeness (QED) is 0.690. The van der Waals surface area contributed by atoms with Gasteiger partial charge < -0.3 is 9.88 Å². The molecule has 150 valence electrons. The predicted molar refractivity (Wildman–Crippen MR) is 111 cm³/mol. The molecule has 2 saturated heterocycles. The van der Waals surface area contributed by atoms with E-state index >= 15 is 0 Å². The van der Waals surface area contributed by atoms with Crippen molar-refractivity contribution in [3.8, 4) is 6.07 Å². The number of anilines is 2. The maximum absolute atomic E-state index is 9.01. The number of fused-ring (bicyclic) bond motifs is 3. The minimum Gasteiger partial charge on any atom is -0.328 e. The highest BCUT2D eigenvalue weighted by molar-refractivity contribution is 5.73. The fraction of sp³-hybridized carbons (Fsp3) is 0.524. The molecule has 0 aliphatic carbocycles. The van der Waals surface area contributed by atoms with Gasteiger partial charge in [-0.05, 0) is 45.1 Å². The average Bonchev–Trinajstić information content (AvgIpc) is 3.38. The largest absolute Gasteiger partial charge is 0.328 e. The van der Waals surface area contributed by atoms with Crippen LogP contribution in [0.2, 0.25) is 0 Å². The number of nitriles is 1. The lowest BCUT2D eigenvalue weighted by molar-refractivity contribution is 0.196. The van der Waals surface area contributed by atoms with Crippen molar-refractivity contribution in [3.63, 3.8) is 0 Å². The van der Waals surface area contributed by atoms with E-state index in [0.717, 1.165) is 42.1 Å². The molecule has 2 aliphatic rings. The van der Waals surface area contributed by atoms with E-state index < -0.39 is 0 Å². The first-order valence-electron chi connectivity index (χ1n) is 10.5. The summed E-state index contributed by atoms with van der Waals surface area (Å²) in [6.45, 7) is 2.87. The summed E-state index contributed by atoms with van der Waals surface area (Å²) in [4.78, 5) is 12.0. The Kier molecular flexibility index (Phi) is 4.68. The SMILES string of the molecule is Cc1cc(Nc2cnc3ccn([C@@H]4CC[C@@H]5CC[C@@H](C4)N5CCC#N)c3n2)n[nH]1. The average molecular weight is 390 g/mol. The molecule has 0 saturated carbocycles. The van der Waals surface area contributed by atoms with Crippen LogP contribution in [0.3, 0.4) is 0 Å². The monoisotopic (exact) mass is 390 g/mol. The van der Waals surface area contributed by atoms with Gasteiger partial charge in [-0.1, -0.05) is 0 Å². The van der Waals surface area contributed by atoms with E-state index in [1.165, 1.54) is 19.3 Å². The zero-order valence-electron chi connectivity index (χ0n) is 16.7. The molecule has 0 aromatic carbocycles. The normalized spacial score (nSPS) is 24.5. The molecule has 0 spiro atoms. The Bertz CT molecular complexity index is 1040. The van der Waals surface area contributed by atoms with E-state index in [1.54, 1.807) is 6.20 Å². The Morgan fingerprint density at radius 1 is 1.21 bits per heavy atom. The number of rotatable bonds is 5. The minimum atomic E-state index is 0.421. The Labute approximate surface area is 169 Å². The number of nitrogens with zero attached hydrogens (tertiary/aromatic N) is 6. The van der Waals surface area contributed by atoms with Crippen LogP contribution in [0.15, 0.2) is 24.5 Å². The molecule has 3 aromatic heterocycles. The third-order valence-corrected chi connectivity index (χ3v) is 6.40. The number of hydrogen-bond donors (Lipinski definition) is 2. The standard InChI is InChI=1S/C21H26N8/c1-14-11-19(27-26-14)24-20-13-23-18-7-10-29(21(18)25-20)17-6-4-15-3-5-16(12-17)28(15)9-2-8-22/h7,10-11,13,15-17H,2-6,9,12H2,1H3,(H2,24,25,26,27)/t15-,16-,17+/m0/s1. The predicted octanol–water partition coefficient (Wildman–Crippen LogP) is 3.68. The van der Waals surface area contributed by atoms with Crippen molar-refractivity contribution >= 4 is 22.8 Å². The first-order valence-corrected chi connectivity index (χ1v) is 10.5. The van der Waals surface area contributed by atoms with Crippen LogP contribution in [0.25, 0.3) is 11.2 Å². The van der Waals surface area contributed by atoms with Crippen molar-refractivity contribution < 1.29 is 0 Å². The van der Waals surface area contributed by atoms with Crippen LogP contribution >= 0.6 is 0 Å². The van der Waals surface area contributed by atoms with Crippen LogP contribution in [-0.4, -0.2) is 48.3 Å². The molecule has 0 radical (unpaired) electrons. The maximum Gasteiger partial charge on any atom is 0.161 e. The van der Waals surface area contributed by atoms with Gasteiger partial charge in [0.05, 0.1) is 12.3 Å². The van der Waals surface area contributed by atoms with Crippen LogP contribution < -0.4 is 5.32 Å². The van der Waals surface area contributed by atoms with Gasteiger partial charge in [0.25, 0.3) is 0 Å². The summed E-state index contributed by atoms with van der Waals surface area (Å²) < 4.78 is 2.31. The summed E-state index contributed by atoms with van der Waals surface area (Å²) in [5.41, 5.74) is 2.84. The Morgan fingerprint density at radius 3 is 2.83 bits per heavy atom. The molecule has 3 aromatic rings. The van der Waals surface area contributed by atoms with Gasteiger partial charge in [0.1, 0.15) is 5.52 Å². The molecule has 2 bridgehead atoms. The van der Waals surface area contributed by atoms with E-state index in [9.17, 15) is 0 Å². The van der Waals surface area contributed by atoms with Gasteiger partial charge in [-0.15, -0.1) is 0 Å². The van der Waals surface area contributed by atoms with Crippen molar-refractivity contribution in [3.05, 3.63) is 30.2 Å². The van der Waals surface area contributed by atoms with Crippen LogP contribution in [0.1, 0.15) is 50.3 Å². The highest BCUT2D eigenvalue weighted by Crippen LogP contribution is 2.39. The second kappa shape index (κ2) is 7.48. The molecule has 3 atom stereocenters. The summed E-state index contributed by atoms with van der Waals surface area (Å²) in [5.74, 6) is 1.45. The minimum absolute atomic E-state index is 0.421. The van der Waals surface area contributed by atoms with Crippen molar-refractivity contribution in [2.75, 3.05) is 11.9 Å². The van der Waals surface area contributed by atoms with Gasteiger partial charge >= 0.3 is 0 Å². The fourth-order valence-electron chi connectivity index (χ4n) is 5.08. The smallest absolute Gasteiger partial charge is 0.161 e. The van der Waals surface area contributed by atoms with Gasteiger partial charge in [0.15, 0.2) is 17.3 Å². The molecular formula is C21H26N8. The molecule has 2 aliphatic heterocycles. The maximum atomic E-state index is 9.01. The Hall–Kier alpha value is -2.92. The number of nitrogens with one attached hydrogen (secondary N) is 2. The lowest BCUT2D eigenvalue weighted by atomic mass is 9.96. The Morgan fingerprint density at radius 2 is 2.03 bits per heavy atom. The van der Waals surface area contributed by atoms with Gasteiger partial charge in [0.2, 0.25) is 0 Å². The molecule has 5 heterocycles. The zero-order valence-corrected chi connectivity index (χ0v) is 16.7. The first-order chi connectivity index (χ1) is 14.2. The van der Waals surface area contributed by atoms with Crippen LogP contribution in [-0.2, 0) is 0 Å².